The van der Waals surface area contributed by atoms with Crippen molar-refractivity contribution in [3.8, 4) is 33.4 Å². The molecule has 8 aromatic rings. The van der Waals surface area contributed by atoms with Crippen molar-refractivity contribution in [3.63, 3.8) is 0 Å². The van der Waals surface area contributed by atoms with E-state index >= 15 is 0 Å². The van der Waals surface area contributed by atoms with E-state index in [-0.39, 0.29) is 11.8 Å². The molecule has 2 unspecified atom stereocenters. The van der Waals surface area contributed by atoms with Crippen molar-refractivity contribution in [3.05, 3.63) is 266 Å². The molecule has 0 amide bonds. The topological polar surface area (TPSA) is 6.48 Å². The molecule has 2 aliphatic rings. The van der Waals surface area contributed by atoms with Gasteiger partial charge in [-0.15, -0.1) is 0 Å². The van der Waals surface area contributed by atoms with Gasteiger partial charge in [-0.25, -0.2) is 0 Å². The van der Waals surface area contributed by atoms with Gasteiger partial charge in [-0.05, 0) is 136 Å². The first-order chi connectivity index (χ1) is 31.1. The van der Waals surface area contributed by atoms with Crippen LogP contribution in [0.15, 0.2) is 254 Å². The van der Waals surface area contributed by atoms with Crippen LogP contribution in [-0.2, 0) is 0 Å². The number of allylic oxidation sites excluding steroid dienone is 7. The van der Waals surface area contributed by atoms with Crippen LogP contribution in [-0.4, -0.2) is 0 Å². The number of anilines is 5. The lowest BCUT2D eigenvalue weighted by molar-refractivity contribution is 0.628. The van der Waals surface area contributed by atoms with Crippen molar-refractivity contribution in [2.24, 2.45) is 5.92 Å². The van der Waals surface area contributed by atoms with E-state index in [1.807, 2.05) is 0 Å². The molecule has 8 aromatic carbocycles. The minimum Gasteiger partial charge on any atom is -0.311 e. The molecule has 0 spiro atoms. The Kier molecular flexibility index (Phi) is 11.3. The fourth-order valence-electron chi connectivity index (χ4n) is 9.08. The van der Waals surface area contributed by atoms with E-state index in [1.165, 1.54) is 55.8 Å². The Balaban J connectivity index is 0.907. The zero-order chi connectivity index (χ0) is 42.4. The molecule has 10 rings (SSSR count). The van der Waals surface area contributed by atoms with E-state index in [1.54, 1.807) is 0 Å². The van der Waals surface area contributed by atoms with Crippen molar-refractivity contribution < 1.29 is 0 Å². The van der Waals surface area contributed by atoms with Gasteiger partial charge >= 0.3 is 0 Å². The van der Waals surface area contributed by atoms with Crippen LogP contribution in [0.3, 0.4) is 0 Å². The SMILES string of the molecule is CC1C=C(N(c2ccccc2)c2ccc(-c3ccc(-c4ccccc4)cc3)cc2)C=CC1c1ccc(N(c2ccc(C3=CC=CCC3)cc2)c2ccc(-c3ccccc3)cc2)cc1. The first-order valence-corrected chi connectivity index (χ1v) is 22.2. The second-order valence-electron chi connectivity index (χ2n) is 16.5. The van der Waals surface area contributed by atoms with Crippen LogP contribution >= 0.6 is 0 Å². The van der Waals surface area contributed by atoms with Gasteiger partial charge in [0.1, 0.15) is 0 Å². The summed E-state index contributed by atoms with van der Waals surface area (Å²) in [5, 5.41) is 0. The zero-order valence-electron chi connectivity index (χ0n) is 35.6. The van der Waals surface area contributed by atoms with Crippen LogP contribution in [0, 0.1) is 5.92 Å². The van der Waals surface area contributed by atoms with Crippen molar-refractivity contribution >= 4 is 34.0 Å². The summed E-state index contributed by atoms with van der Waals surface area (Å²) >= 11 is 0. The Morgan fingerprint density at radius 3 is 1.25 bits per heavy atom. The fourth-order valence-corrected chi connectivity index (χ4v) is 9.08. The fraction of sp³-hybridized carbons (Fsp3) is 0.0820. The summed E-state index contributed by atoms with van der Waals surface area (Å²) < 4.78 is 0. The first kappa shape index (κ1) is 39.5. The maximum atomic E-state index is 2.43. The molecule has 63 heavy (non-hydrogen) atoms. The van der Waals surface area contributed by atoms with Crippen LogP contribution in [0.25, 0.3) is 39.0 Å². The van der Waals surface area contributed by atoms with Crippen LogP contribution in [0.4, 0.5) is 28.4 Å². The van der Waals surface area contributed by atoms with Crippen molar-refractivity contribution in [2.75, 3.05) is 9.80 Å². The Labute approximate surface area is 372 Å². The Bertz CT molecular complexity index is 2890. The van der Waals surface area contributed by atoms with Crippen molar-refractivity contribution in [1.29, 1.82) is 0 Å². The summed E-state index contributed by atoms with van der Waals surface area (Å²) in [5.41, 5.74) is 18.1. The third-order valence-corrected chi connectivity index (χ3v) is 12.5. The lowest BCUT2D eigenvalue weighted by Crippen LogP contribution is -2.20. The highest BCUT2D eigenvalue weighted by Gasteiger charge is 2.24. The molecular weight excluding hydrogens is 761 g/mol. The maximum absolute atomic E-state index is 2.43. The van der Waals surface area contributed by atoms with Crippen molar-refractivity contribution in [1.82, 2.24) is 0 Å². The second kappa shape index (κ2) is 18.1. The molecule has 304 valence electrons. The monoisotopic (exact) mass is 810 g/mol. The molecule has 0 heterocycles. The van der Waals surface area contributed by atoms with Gasteiger partial charge in [0, 0.05) is 40.1 Å². The van der Waals surface area contributed by atoms with E-state index in [0.29, 0.717) is 0 Å². The number of hydrogen-bond acceptors (Lipinski definition) is 2. The van der Waals surface area contributed by atoms with Crippen LogP contribution in [0.5, 0.6) is 0 Å². The quantitative estimate of drug-likeness (QED) is 0.128. The van der Waals surface area contributed by atoms with E-state index in [2.05, 4.69) is 266 Å². The van der Waals surface area contributed by atoms with E-state index in [9.17, 15) is 0 Å². The molecule has 0 aliphatic heterocycles. The predicted octanol–water partition coefficient (Wildman–Crippen LogP) is 16.9. The molecule has 0 fully saturated rings. The average Bonchev–Trinajstić information content (AvgIpc) is 3.36. The molecule has 0 saturated heterocycles. The number of hydrogen-bond donors (Lipinski definition) is 0. The summed E-state index contributed by atoms with van der Waals surface area (Å²) in [6, 6.07) is 76.9. The minimum atomic E-state index is 0.248. The van der Waals surface area contributed by atoms with E-state index < -0.39 is 0 Å². The molecule has 2 aliphatic carbocycles. The van der Waals surface area contributed by atoms with E-state index in [4.69, 9.17) is 0 Å². The smallest absolute Gasteiger partial charge is 0.0462 e. The number of benzene rings is 8. The van der Waals surface area contributed by atoms with Gasteiger partial charge in [-0.1, -0.05) is 189 Å². The lowest BCUT2D eigenvalue weighted by atomic mass is 9.83. The Morgan fingerprint density at radius 1 is 0.397 bits per heavy atom. The lowest BCUT2D eigenvalue weighted by Gasteiger charge is -2.32. The van der Waals surface area contributed by atoms with Crippen LogP contribution in [0.1, 0.15) is 36.8 Å². The van der Waals surface area contributed by atoms with Gasteiger partial charge < -0.3 is 9.80 Å². The normalized spacial score (nSPS) is 15.6. The standard InChI is InChI=1S/C61H50N2/c1-45-44-60(63(55-20-12-5-13-21-55)59-38-30-53(31-39-59)50-24-22-49(23-25-50)46-14-6-2-7-15-46)42-43-61(45)54-32-40-58(41-33-54)62(56-34-26-51(27-35-56)47-16-8-3-9-17-47)57-36-28-52(29-37-57)48-18-10-4-11-19-48/h2-10,12-18,20-45,61H,11,19H2,1H3. The highest BCUT2D eigenvalue weighted by Crippen LogP contribution is 2.41. The molecule has 2 atom stereocenters. The second-order valence-corrected chi connectivity index (χ2v) is 16.5. The summed E-state index contributed by atoms with van der Waals surface area (Å²) in [7, 11) is 0. The summed E-state index contributed by atoms with van der Waals surface area (Å²) in [6.45, 7) is 2.34. The molecule has 0 saturated carbocycles. The molecule has 2 heteroatoms. The van der Waals surface area contributed by atoms with Crippen LogP contribution in [0.2, 0.25) is 0 Å². The van der Waals surface area contributed by atoms with Gasteiger partial charge in [-0.3, -0.25) is 0 Å². The zero-order valence-corrected chi connectivity index (χ0v) is 35.6. The molecule has 0 N–H and O–H groups in total. The largest absolute Gasteiger partial charge is 0.311 e. The highest BCUT2D eigenvalue weighted by atomic mass is 15.1. The van der Waals surface area contributed by atoms with E-state index in [0.717, 1.165) is 41.3 Å². The third-order valence-electron chi connectivity index (χ3n) is 12.5. The summed E-state index contributed by atoms with van der Waals surface area (Å²) in [5.74, 6) is 0.528. The molecular formula is C61H50N2. The van der Waals surface area contributed by atoms with Gasteiger partial charge in [-0.2, -0.15) is 0 Å². The molecule has 0 aromatic heterocycles. The van der Waals surface area contributed by atoms with Gasteiger partial charge in [0.2, 0.25) is 0 Å². The third kappa shape index (κ3) is 8.62. The van der Waals surface area contributed by atoms with Gasteiger partial charge in [0.25, 0.3) is 0 Å². The summed E-state index contributed by atoms with van der Waals surface area (Å²) in [4.78, 5) is 4.75. The Hall–Kier alpha value is -7.68. The minimum absolute atomic E-state index is 0.248. The van der Waals surface area contributed by atoms with Gasteiger partial charge in [0.05, 0.1) is 0 Å². The summed E-state index contributed by atoms with van der Waals surface area (Å²) in [6.07, 6.45) is 16.0. The Morgan fingerprint density at radius 2 is 0.794 bits per heavy atom. The maximum Gasteiger partial charge on any atom is 0.0462 e. The number of nitrogens with zero attached hydrogens (tertiary/aromatic N) is 2. The average molecular weight is 811 g/mol. The molecule has 0 radical (unpaired) electrons. The highest BCUT2D eigenvalue weighted by molar-refractivity contribution is 5.81. The molecule has 0 bridgehead atoms. The first-order valence-electron chi connectivity index (χ1n) is 22.2. The molecule has 2 nitrogen and oxygen atoms in total. The number of rotatable bonds is 11. The number of para-hydroxylation sites is 1. The predicted molar refractivity (Wildman–Crippen MR) is 268 cm³/mol. The van der Waals surface area contributed by atoms with Crippen molar-refractivity contribution in [2.45, 2.75) is 25.7 Å². The van der Waals surface area contributed by atoms with Gasteiger partial charge in [0.15, 0.2) is 0 Å². The van der Waals surface area contributed by atoms with Crippen LogP contribution < -0.4 is 9.80 Å².